The third kappa shape index (κ3) is 5.74. The standard InChI is InChI=1S/C30H33NO3/c1-34-30(33)27-21-24(16-12-11-15-23-13-5-2-6-14-23)22-31(27)29(32)28(25-17-7-3-8-18-25)26-19-9-4-10-20-26/h2-10,13-14,17-20,24,27-28H,11-12,15-16,21-22H2,1H3. The summed E-state index contributed by atoms with van der Waals surface area (Å²) in [4.78, 5) is 28.4. The summed E-state index contributed by atoms with van der Waals surface area (Å²) >= 11 is 0. The molecule has 2 unspecified atom stereocenters. The molecule has 34 heavy (non-hydrogen) atoms. The number of nitrogens with zero attached hydrogens (tertiary/aromatic N) is 1. The second-order valence-electron chi connectivity index (χ2n) is 9.12. The number of carbonyl (C=O) groups is 2. The molecule has 0 N–H and O–H groups in total. The highest BCUT2D eigenvalue weighted by Gasteiger charge is 2.42. The summed E-state index contributed by atoms with van der Waals surface area (Å²) < 4.78 is 5.10. The van der Waals surface area contributed by atoms with Crippen molar-refractivity contribution in [2.75, 3.05) is 13.7 Å². The van der Waals surface area contributed by atoms with E-state index in [1.54, 1.807) is 4.90 Å². The summed E-state index contributed by atoms with van der Waals surface area (Å²) in [5.41, 5.74) is 3.23. The minimum Gasteiger partial charge on any atom is -0.467 e. The van der Waals surface area contributed by atoms with Gasteiger partial charge in [0.25, 0.3) is 0 Å². The lowest BCUT2D eigenvalue weighted by Crippen LogP contribution is -2.43. The van der Waals surface area contributed by atoms with Crippen LogP contribution in [0.5, 0.6) is 0 Å². The third-order valence-corrected chi connectivity index (χ3v) is 6.83. The monoisotopic (exact) mass is 455 g/mol. The van der Waals surface area contributed by atoms with Crippen LogP contribution in [0.15, 0.2) is 91.0 Å². The van der Waals surface area contributed by atoms with E-state index < -0.39 is 12.0 Å². The van der Waals surface area contributed by atoms with Crippen molar-refractivity contribution < 1.29 is 14.3 Å². The van der Waals surface area contributed by atoms with Gasteiger partial charge in [-0.25, -0.2) is 4.79 Å². The summed E-state index contributed by atoms with van der Waals surface area (Å²) in [6.45, 7) is 0.597. The minimum absolute atomic E-state index is 0.0282. The van der Waals surface area contributed by atoms with Crippen molar-refractivity contribution in [1.29, 1.82) is 0 Å². The van der Waals surface area contributed by atoms with Crippen molar-refractivity contribution in [2.45, 2.75) is 44.1 Å². The van der Waals surface area contributed by atoms with Crippen molar-refractivity contribution in [2.24, 2.45) is 5.92 Å². The van der Waals surface area contributed by atoms with Crippen LogP contribution in [0.1, 0.15) is 48.3 Å². The van der Waals surface area contributed by atoms with Crippen LogP contribution in [-0.2, 0) is 20.7 Å². The molecule has 1 aliphatic rings. The van der Waals surface area contributed by atoms with Crippen LogP contribution in [0.3, 0.4) is 0 Å². The zero-order chi connectivity index (χ0) is 23.8. The van der Waals surface area contributed by atoms with Crippen LogP contribution in [0.2, 0.25) is 0 Å². The van der Waals surface area contributed by atoms with Crippen LogP contribution in [0, 0.1) is 5.92 Å². The van der Waals surface area contributed by atoms with Crippen LogP contribution in [0.4, 0.5) is 0 Å². The van der Waals surface area contributed by atoms with Crippen molar-refractivity contribution in [3.05, 3.63) is 108 Å². The first-order valence-corrected chi connectivity index (χ1v) is 12.2. The summed E-state index contributed by atoms with van der Waals surface area (Å²) in [6.07, 6.45) is 4.91. The molecule has 1 amide bonds. The average Bonchev–Trinajstić information content (AvgIpc) is 3.32. The summed E-state index contributed by atoms with van der Waals surface area (Å²) in [7, 11) is 1.41. The van der Waals surface area contributed by atoms with E-state index in [4.69, 9.17) is 4.74 Å². The van der Waals surface area contributed by atoms with Crippen molar-refractivity contribution in [1.82, 2.24) is 4.90 Å². The Morgan fingerprint density at radius 1 is 0.853 bits per heavy atom. The van der Waals surface area contributed by atoms with Gasteiger partial charge in [-0.2, -0.15) is 0 Å². The van der Waals surface area contributed by atoms with Gasteiger partial charge in [0.15, 0.2) is 0 Å². The van der Waals surface area contributed by atoms with Gasteiger partial charge < -0.3 is 9.64 Å². The predicted molar refractivity (Wildman–Crippen MR) is 134 cm³/mol. The number of unbranched alkanes of at least 4 members (excludes halogenated alkanes) is 1. The topological polar surface area (TPSA) is 46.6 Å². The maximum Gasteiger partial charge on any atom is 0.328 e. The Kier molecular flexibility index (Phi) is 8.13. The summed E-state index contributed by atoms with van der Waals surface area (Å²) in [5.74, 6) is -0.484. The van der Waals surface area contributed by atoms with Gasteiger partial charge >= 0.3 is 5.97 Å². The van der Waals surface area contributed by atoms with Gasteiger partial charge in [-0.15, -0.1) is 0 Å². The highest BCUT2D eigenvalue weighted by atomic mass is 16.5. The van der Waals surface area contributed by atoms with Crippen molar-refractivity contribution >= 4 is 11.9 Å². The molecule has 0 bridgehead atoms. The number of rotatable bonds is 9. The van der Waals surface area contributed by atoms with Gasteiger partial charge in [0, 0.05) is 6.54 Å². The fourth-order valence-electron chi connectivity index (χ4n) is 5.08. The molecule has 4 rings (SSSR count). The van der Waals surface area contributed by atoms with E-state index in [1.165, 1.54) is 12.7 Å². The van der Waals surface area contributed by atoms with Crippen LogP contribution >= 0.6 is 0 Å². The molecule has 1 heterocycles. The van der Waals surface area contributed by atoms with Gasteiger partial charge in [-0.05, 0) is 48.3 Å². The molecule has 3 aromatic rings. The lowest BCUT2D eigenvalue weighted by molar-refractivity contribution is -0.151. The quantitative estimate of drug-likeness (QED) is 0.311. The van der Waals surface area contributed by atoms with Crippen molar-refractivity contribution in [3.63, 3.8) is 0 Å². The van der Waals surface area contributed by atoms with Crippen LogP contribution in [0.25, 0.3) is 0 Å². The predicted octanol–water partition coefficient (Wildman–Crippen LogP) is 5.62. The van der Waals surface area contributed by atoms with E-state index in [9.17, 15) is 9.59 Å². The maximum absolute atomic E-state index is 14.0. The van der Waals surface area contributed by atoms with E-state index in [0.717, 1.165) is 36.8 Å². The largest absolute Gasteiger partial charge is 0.467 e. The van der Waals surface area contributed by atoms with Crippen LogP contribution in [-0.4, -0.2) is 36.5 Å². The number of hydrogen-bond acceptors (Lipinski definition) is 3. The van der Waals surface area contributed by atoms with E-state index in [1.807, 2.05) is 66.7 Å². The Hall–Kier alpha value is -3.40. The Morgan fingerprint density at radius 3 is 1.97 bits per heavy atom. The zero-order valence-electron chi connectivity index (χ0n) is 19.8. The fraction of sp³-hybridized carbons (Fsp3) is 0.333. The Morgan fingerprint density at radius 2 is 1.41 bits per heavy atom. The molecule has 0 radical (unpaired) electrons. The van der Waals surface area contributed by atoms with Gasteiger partial charge in [-0.1, -0.05) is 97.4 Å². The van der Waals surface area contributed by atoms with Gasteiger partial charge in [0.2, 0.25) is 5.91 Å². The number of esters is 1. The minimum atomic E-state index is -0.522. The molecule has 1 saturated heterocycles. The molecular formula is C30H33NO3. The normalized spacial score (nSPS) is 17.6. The molecule has 2 atom stereocenters. The molecule has 4 nitrogen and oxygen atoms in total. The number of ether oxygens (including phenoxy) is 1. The highest BCUT2D eigenvalue weighted by molar-refractivity contribution is 5.91. The second kappa shape index (κ2) is 11.6. The van der Waals surface area contributed by atoms with Crippen molar-refractivity contribution in [3.8, 4) is 0 Å². The van der Waals surface area contributed by atoms with E-state index >= 15 is 0 Å². The molecule has 0 spiro atoms. The number of carbonyl (C=O) groups excluding carboxylic acids is 2. The molecule has 0 saturated carbocycles. The average molecular weight is 456 g/mol. The van der Waals surface area contributed by atoms with E-state index in [-0.39, 0.29) is 11.9 Å². The molecule has 0 aliphatic carbocycles. The van der Waals surface area contributed by atoms with Gasteiger partial charge in [-0.3, -0.25) is 4.79 Å². The molecule has 4 heteroatoms. The summed E-state index contributed by atoms with van der Waals surface area (Å²) in [6, 6.07) is 29.7. The first-order valence-electron chi connectivity index (χ1n) is 12.2. The van der Waals surface area contributed by atoms with E-state index in [2.05, 4.69) is 24.3 Å². The Balaban J connectivity index is 1.48. The zero-order valence-corrected chi connectivity index (χ0v) is 19.8. The molecule has 0 aromatic heterocycles. The smallest absolute Gasteiger partial charge is 0.328 e. The van der Waals surface area contributed by atoms with Crippen LogP contribution < -0.4 is 0 Å². The SMILES string of the molecule is COC(=O)C1CC(CCCCc2ccccc2)CN1C(=O)C(c1ccccc1)c1ccccc1. The number of hydrogen-bond donors (Lipinski definition) is 0. The Labute approximate surface area is 202 Å². The van der Waals surface area contributed by atoms with E-state index in [0.29, 0.717) is 18.9 Å². The maximum atomic E-state index is 14.0. The third-order valence-electron chi connectivity index (χ3n) is 6.83. The Bertz CT molecular complexity index is 1010. The van der Waals surface area contributed by atoms with Gasteiger partial charge in [0.1, 0.15) is 6.04 Å². The number of methoxy groups -OCH3 is 1. The number of likely N-dealkylation sites (tertiary alicyclic amines) is 1. The number of amides is 1. The molecule has 3 aromatic carbocycles. The lowest BCUT2D eigenvalue weighted by atomic mass is 9.90. The lowest BCUT2D eigenvalue weighted by Gasteiger charge is -2.28. The molecular weight excluding hydrogens is 422 g/mol. The molecule has 1 fully saturated rings. The molecule has 176 valence electrons. The first kappa shape index (κ1) is 23.7. The van der Waals surface area contributed by atoms with Gasteiger partial charge in [0.05, 0.1) is 13.0 Å². The summed E-state index contributed by atoms with van der Waals surface area (Å²) in [5, 5.41) is 0. The highest BCUT2D eigenvalue weighted by Crippen LogP contribution is 2.34. The second-order valence-corrected chi connectivity index (χ2v) is 9.12. The first-order chi connectivity index (χ1) is 16.7. The number of aryl methyl sites for hydroxylation is 1. The number of benzene rings is 3. The fourth-order valence-corrected chi connectivity index (χ4v) is 5.08. The molecule has 1 aliphatic heterocycles.